The molecule has 3 aliphatic rings. The highest BCUT2D eigenvalue weighted by Gasteiger charge is 2.44. The number of nitrogens with zero attached hydrogens (tertiary/aromatic N) is 1. The van der Waals surface area contributed by atoms with Gasteiger partial charge in [0.1, 0.15) is 0 Å². The van der Waals surface area contributed by atoms with Crippen molar-refractivity contribution in [3.8, 4) is 0 Å². The molecule has 0 aromatic rings. The quantitative estimate of drug-likeness (QED) is 0.786. The zero-order valence-electron chi connectivity index (χ0n) is 13.0. The van der Waals surface area contributed by atoms with E-state index in [2.05, 4.69) is 17.1 Å². The number of aliphatic hydroxyl groups excluding tert-OH is 1. The summed E-state index contributed by atoms with van der Waals surface area (Å²) in [6, 6.07) is 0. The van der Waals surface area contributed by atoms with Crippen molar-refractivity contribution in [1.82, 2.24) is 10.2 Å². The number of likely N-dealkylation sites (tertiary alicyclic amines) is 1. The molecule has 21 heavy (non-hydrogen) atoms. The van der Waals surface area contributed by atoms with Crippen LogP contribution < -0.4 is 5.32 Å². The Kier molecular flexibility index (Phi) is 4.82. The molecule has 0 saturated carbocycles. The van der Waals surface area contributed by atoms with Crippen LogP contribution >= 0.6 is 0 Å². The fourth-order valence-electron chi connectivity index (χ4n) is 3.87. The number of nitrogens with one attached hydrogen (secondary N) is 1. The fourth-order valence-corrected chi connectivity index (χ4v) is 3.87. The van der Waals surface area contributed by atoms with Gasteiger partial charge in [0, 0.05) is 13.1 Å². The van der Waals surface area contributed by atoms with Gasteiger partial charge in [-0.25, -0.2) is 0 Å². The molecule has 4 unspecified atom stereocenters. The van der Waals surface area contributed by atoms with E-state index in [-0.39, 0.29) is 17.9 Å². The molecule has 5 heteroatoms. The first-order valence-electron chi connectivity index (χ1n) is 8.45. The third-order valence-electron chi connectivity index (χ3n) is 5.30. The van der Waals surface area contributed by atoms with Crippen molar-refractivity contribution in [3.05, 3.63) is 0 Å². The van der Waals surface area contributed by atoms with Gasteiger partial charge < -0.3 is 20.1 Å². The average molecular weight is 296 g/mol. The molecule has 1 amide bonds. The second kappa shape index (κ2) is 6.63. The van der Waals surface area contributed by atoms with Crippen molar-refractivity contribution in [1.29, 1.82) is 0 Å². The lowest BCUT2D eigenvalue weighted by molar-refractivity contribution is -0.127. The van der Waals surface area contributed by atoms with Crippen LogP contribution in [0.5, 0.6) is 0 Å². The predicted molar refractivity (Wildman–Crippen MR) is 79.9 cm³/mol. The Morgan fingerprint density at radius 3 is 2.71 bits per heavy atom. The number of ether oxygens (including phenoxy) is 1. The maximum atomic E-state index is 12.2. The molecule has 4 atom stereocenters. The maximum Gasteiger partial charge on any atom is 0.225 e. The van der Waals surface area contributed by atoms with Crippen molar-refractivity contribution in [2.75, 3.05) is 26.2 Å². The smallest absolute Gasteiger partial charge is 0.225 e. The molecular weight excluding hydrogens is 268 g/mol. The van der Waals surface area contributed by atoms with Gasteiger partial charge in [0.05, 0.1) is 24.2 Å². The standard InChI is InChI=1S/C16H28N2O3/c1-11-4-6-18(7-5-11)10-12(19)9-17-16(20)14-8-13-2-3-15(14)21-13/h11-15,19H,2-10H2,1H3,(H,17,20). The van der Waals surface area contributed by atoms with Gasteiger partial charge in [0.15, 0.2) is 0 Å². The van der Waals surface area contributed by atoms with Gasteiger partial charge in [0.2, 0.25) is 5.91 Å². The Morgan fingerprint density at radius 1 is 1.33 bits per heavy atom. The highest BCUT2D eigenvalue weighted by Crippen LogP contribution is 2.38. The lowest BCUT2D eigenvalue weighted by atomic mass is 9.88. The summed E-state index contributed by atoms with van der Waals surface area (Å²) in [7, 11) is 0. The van der Waals surface area contributed by atoms with Gasteiger partial charge in [-0.15, -0.1) is 0 Å². The van der Waals surface area contributed by atoms with Crippen LogP contribution in [0.2, 0.25) is 0 Å². The van der Waals surface area contributed by atoms with Crippen molar-refractivity contribution < 1.29 is 14.6 Å². The van der Waals surface area contributed by atoms with Gasteiger partial charge in [-0.2, -0.15) is 0 Å². The van der Waals surface area contributed by atoms with Crippen LogP contribution in [-0.4, -0.2) is 60.4 Å². The molecule has 0 spiro atoms. The van der Waals surface area contributed by atoms with Crippen molar-refractivity contribution in [2.45, 2.75) is 57.3 Å². The van der Waals surface area contributed by atoms with E-state index in [9.17, 15) is 9.90 Å². The molecule has 0 aromatic carbocycles. The van der Waals surface area contributed by atoms with E-state index in [0.29, 0.717) is 19.2 Å². The van der Waals surface area contributed by atoms with Gasteiger partial charge >= 0.3 is 0 Å². The molecule has 3 aliphatic heterocycles. The van der Waals surface area contributed by atoms with Crippen LogP contribution in [0.15, 0.2) is 0 Å². The SMILES string of the molecule is CC1CCN(CC(O)CNC(=O)C2CC3CCC2O3)CC1. The largest absolute Gasteiger partial charge is 0.390 e. The number of piperidine rings is 1. The summed E-state index contributed by atoms with van der Waals surface area (Å²) in [5.41, 5.74) is 0. The molecule has 120 valence electrons. The number of hydrogen-bond acceptors (Lipinski definition) is 4. The monoisotopic (exact) mass is 296 g/mol. The molecule has 5 nitrogen and oxygen atoms in total. The Hall–Kier alpha value is -0.650. The molecule has 0 radical (unpaired) electrons. The second-order valence-corrected chi connectivity index (χ2v) is 7.10. The van der Waals surface area contributed by atoms with Crippen molar-refractivity contribution in [3.63, 3.8) is 0 Å². The summed E-state index contributed by atoms with van der Waals surface area (Å²) in [5, 5.41) is 13.0. The summed E-state index contributed by atoms with van der Waals surface area (Å²) >= 11 is 0. The molecule has 0 aliphatic carbocycles. The highest BCUT2D eigenvalue weighted by atomic mass is 16.5. The molecule has 3 heterocycles. The van der Waals surface area contributed by atoms with E-state index < -0.39 is 6.10 Å². The van der Waals surface area contributed by atoms with Gasteiger partial charge in [-0.1, -0.05) is 6.92 Å². The number of amides is 1. The Morgan fingerprint density at radius 2 is 2.10 bits per heavy atom. The fraction of sp³-hybridized carbons (Fsp3) is 0.938. The third-order valence-corrected chi connectivity index (χ3v) is 5.30. The van der Waals surface area contributed by atoms with Crippen LogP contribution in [-0.2, 0) is 9.53 Å². The Bertz CT molecular complexity index is 369. The van der Waals surface area contributed by atoms with Crippen LogP contribution in [0.1, 0.15) is 39.0 Å². The zero-order chi connectivity index (χ0) is 14.8. The number of carbonyl (C=O) groups is 1. The van der Waals surface area contributed by atoms with E-state index in [1.807, 2.05) is 0 Å². The first-order chi connectivity index (χ1) is 10.1. The summed E-state index contributed by atoms with van der Waals surface area (Å²) in [6.07, 6.45) is 5.34. The highest BCUT2D eigenvalue weighted by molar-refractivity contribution is 5.79. The normalized spacial score (nSPS) is 35.0. The third kappa shape index (κ3) is 3.76. The molecule has 2 bridgehead atoms. The topological polar surface area (TPSA) is 61.8 Å². The number of β-amino-alcohol motifs (C(OH)–C–C–N with tert-alkyl or cyclic N) is 1. The number of fused-ring (bicyclic) bond motifs is 2. The van der Waals surface area contributed by atoms with Crippen LogP contribution in [0, 0.1) is 11.8 Å². The van der Waals surface area contributed by atoms with E-state index in [1.54, 1.807) is 0 Å². The van der Waals surface area contributed by atoms with Gasteiger partial charge in [-0.05, 0) is 51.1 Å². The Balaban J connectivity index is 1.35. The molecule has 3 fully saturated rings. The first-order valence-corrected chi connectivity index (χ1v) is 8.45. The van der Waals surface area contributed by atoms with Crippen LogP contribution in [0.3, 0.4) is 0 Å². The van der Waals surface area contributed by atoms with Gasteiger partial charge in [-0.3, -0.25) is 4.79 Å². The minimum Gasteiger partial charge on any atom is -0.390 e. The maximum absolute atomic E-state index is 12.2. The van der Waals surface area contributed by atoms with E-state index in [1.165, 1.54) is 12.8 Å². The molecular formula is C16H28N2O3. The molecule has 3 saturated heterocycles. The number of aliphatic hydroxyl groups is 1. The van der Waals surface area contributed by atoms with E-state index >= 15 is 0 Å². The summed E-state index contributed by atoms with van der Waals surface area (Å²) in [5.74, 6) is 0.871. The minimum absolute atomic E-state index is 0.00628. The second-order valence-electron chi connectivity index (χ2n) is 7.10. The van der Waals surface area contributed by atoms with Crippen molar-refractivity contribution >= 4 is 5.91 Å². The number of hydrogen-bond donors (Lipinski definition) is 2. The molecule has 3 rings (SSSR count). The number of carbonyl (C=O) groups excluding carboxylic acids is 1. The van der Waals surface area contributed by atoms with E-state index in [0.717, 1.165) is 38.3 Å². The van der Waals surface area contributed by atoms with E-state index in [4.69, 9.17) is 4.74 Å². The van der Waals surface area contributed by atoms with Crippen LogP contribution in [0.25, 0.3) is 0 Å². The minimum atomic E-state index is -0.470. The summed E-state index contributed by atoms with van der Waals surface area (Å²) < 4.78 is 5.71. The van der Waals surface area contributed by atoms with Crippen LogP contribution in [0.4, 0.5) is 0 Å². The zero-order valence-corrected chi connectivity index (χ0v) is 13.0. The first kappa shape index (κ1) is 15.3. The average Bonchev–Trinajstić information content (AvgIpc) is 3.10. The summed E-state index contributed by atoms with van der Waals surface area (Å²) in [6.45, 7) is 5.43. The summed E-state index contributed by atoms with van der Waals surface area (Å²) in [4.78, 5) is 14.5. The number of rotatable bonds is 5. The van der Waals surface area contributed by atoms with Crippen molar-refractivity contribution in [2.24, 2.45) is 11.8 Å². The Labute approximate surface area is 127 Å². The molecule has 0 aromatic heterocycles. The van der Waals surface area contributed by atoms with Gasteiger partial charge in [0.25, 0.3) is 0 Å². The lowest BCUT2D eigenvalue weighted by Crippen LogP contribution is -2.45. The predicted octanol–water partition coefficient (Wildman–Crippen LogP) is 0.763. The molecule has 2 N–H and O–H groups in total. The lowest BCUT2D eigenvalue weighted by Gasteiger charge is -2.31.